The van der Waals surface area contributed by atoms with Gasteiger partial charge in [0.25, 0.3) is 0 Å². The third-order valence-corrected chi connectivity index (χ3v) is 6.69. The predicted octanol–water partition coefficient (Wildman–Crippen LogP) is 3.15. The number of hydrogen-bond acceptors (Lipinski definition) is 5. The number of carbonyl (C=O) groups is 1. The molecule has 4 aliphatic rings. The van der Waals surface area contributed by atoms with Gasteiger partial charge in [-0.1, -0.05) is 26.0 Å². The van der Waals surface area contributed by atoms with Crippen molar-refractivity contribution in [1.82, 2.24) is 4.90 Å². The monoisotopic (exact) mass is 379 g/mol. The minimum atomic E-state index is -0.332. The van der Waals surface area contributed by atoms with Crippen molar-refractivity contribution in [2.75, 3.05) is 26.8 Å². The molecule has 3 heterocycles. The Labute approximate surface area is 162 Å². The number of ether oxygens (including phenoxy) is 4. The summed E-state index contributed by atoms with van der Waals surface area (Å²) in [6.45, 7) is 8.80. The first-order valence-corrected chi connectivity index (χ1v) is 10.4. The van der Waals surface area contributed by atoms with Crippen molar-refractivity contribution in [3.05, 3.63) is 12.2 Å². The second kappa shape index (κ2) is 7.05. The van der Waals surface area contributed by atoms with E-state index in [4.69, 9.17) is 18.9 Å². The summed E-state index contributed by atoms with van der Waals surface area (Å²) in [7, 11) is 1.71. The van der Waals surface area contributed by atoms with Gasteiger partial charge in [0.2, 0.25) is 0 Å². The third kappa shape index (κ3) is 3.52. The normalized spacial score (nSPS) is 43.7. The molecule has 0 aromatic rings. The highest BCUT2D eigenvalue weighted by atomic mass is 16.6. The van der Waals surface area contributed by atoms with Crippen LogP contribution in [-0.2, 0) is 18.9 Å². The summed E-state index contributed by atoms with van der Waals surface area (Å²) < 4.78 is 23.9. The lowest BCUT2D eigenvalue weighted by Crippen LogP contribution is -2.56. The Balaban J connectivity index is 1.49. The summed E-state index contributed by atoms with van der Waals surface area (Å²) in [6, 6.07) is 0. The molecule has 6 atom stereocenters. The van der Waals surface area contributed by atoms with Crippen LogP contribution in [0.4, 0.5) is 4.79 Å². The molecule has 152 valence electrons. The van der Waals surface area contributed by atoms with E-state index in [1.807, 2.05) is 4.90 Å². The molecule has 27 heavy (non-hydrogen) atoms. The van der Waals surface area contributed by atoms with E-state index in [0.717, 1.165) is 45.4 Å². The SMILES string of the molecule is CO[C@H]1C([C@@]2(C)O[C@@H]2/C=C/C(C)C)[C@]2(CC[C@H]1OC(=O)N1CCCC1)CO2. The molecular weight excluding hydrogens is 346 g/mol. The van der Waals surface area contributed by atoms with Crippen molar-refractivity contribution < 1.29 is 23.7 Å². The lowest BCUT2D eigenvalue weighted by atomic mass is 9.68. The number of likely N-dealkylation sites (tertiary alicyclic amines) is 1. The van der Waals surface area contributed by atoms with E-state index >= 15 is 0 Å². The first-order chi connectivity index (χ1) is 12.9. The topological polar surface area (TPSA) is 63.8 Å². The molecule has 1 amide bonds. The summed E-state index contributed by atoms with van der Waals surface area (Å²) in [6.07, 6.45) is 7.52. The van der Waals surface area contributed by atoms with Crippen LogP contribution in [0.3, 0.4) is 0 Å². The van der Waals surface area contributed by atoms with E-state index in [-0.39, 0.29) is 41.5 Å². The van der Waals surface area contributed by atoms with Crippen LogP contribution >= 0.6 is 0 Å². The lowest BCUT2D eigenvalue weighted by molar-refractivity contribution is -0.121. The maximum Gasteiger partial charge on any atom is 0.410 e. The summed E-state index contributed by atoms with van der Waals surface area (Å²) in [5, 5.41) is 0. The first-order valence-electron chi connectivity index (χ1n) is 10.4. The van der Waals surface area contributed by atoms with Crippen molar-refractivity contribution in [2.45, 2.75) is 76.0 Å². The average Bonchev–Trinajstić information content (AvgIpc) is 3.46. The molecule has 0 aromatic carbocycles. The lowest BCUT2D eigenvalue weighted by Gasteiger charge is -2.42. The van der Waals surface area contributed by atoms with Crippen LogP contribution in [0.15, 0.2) is 12.2 Å². The smallest absolute Gasteiger partial charge is 0.410 e. The van der Waals surface area contributed by atoms with Crippen LogP contribution in [0.2, 0.25) is 0 Å². The number of hydrogen-bond donors (Lipinski definition) is 0. The van der Waals surface area contributed by atoms with Crippen molar-refractivity contribution in [3.63, 3.8) is 0 Å². The number of rotatable bonds is 5. The Morgan fingerprint density at radius 3 is 2.59 bits per heavy atom. The van der Waals surface area contributed by atoms with Gasteiger partial charge < -0.3 is 23.8 Å². The molecule has 4 fully saturated rings. The Hall–Kier alpha value is -1.11. The molecule has 6 heteroatoms. The van der Waals surface area contributed by atoms with Crippen molar-refractivity contribution in [3.8, 4) is 0 Å². The van der Waals surface area contributed by atoms with Crippen molar-refractivity contribution >= 4 is 6.09 Å². The van der Waals surface area contributed by atoms with Crippen LogP contribution in [0.1, 0.15) is 46.5 Å². The summed E-state index contributed by atoms with van der Waals surface area (Å²) in [4.78, 5) is 14.3. The molecule has 3 saturated heterocycles. The number of amides is 1. The van der Waals surface area contributed by atoms with Gasteiger partial charge in [0.05, 0.1) is 12.5 Å². The van der Waals surface area contributed by atoms with Gasteiger partial charge in [-0.05, 0) is 38.5 Å². The average molecular weight is 379 g/mol. The molecule has 1 aliphatic carbocycles. The summed E-state index contributed by atoms with van der Waals surface area (Å²) in [5.74, 6) is 0.547. The Morgan fingerprint density at radius 2 is 2.00 bits per heavy atom. The van der Waals surface area contributed by atoms with E-state index < -0.39 is 0 Å². The van der Waals surface area contributed by atoms with Crippen LogP contribution in [-0.4, -0.2) is 67.3 Å². The second-order valence-corrected chi connectivity index (χ2v) is 9.04. The van der Waals surface area contributed by atoms with Gasteiger partial charge in [0.1, 0.15) is 29.5 Å². The van der Waals surface area contributed by atoms with Gasteiger partial charge in [-0.2, -0.15) is 0 Å². The van der Waals surface area contributed by atoms with Gasteiger partial charge >= 0.3 is 6.09 Å². The van der Waals surface area contributed by atoms with E-state index in [2.05, 4.69) is 32.9 Å². The summed E-state index contributed by atoms with van der Waals surface area (Å²) in [5.41, 5.74) is -0.520. The highest BCUT2D eigenvalue weighted by Gasteiger charge is 2.72. The highest BCUT2D eigenvalue weighted by molar-refractivity contribution is 5.68. The highest BCUT2D eigenvalue weighted by Crippen LogP contribution is 2.59. The third-order valence-electron chi connectivity index (χ3n) is 6.69. The van der Waals surface area contributed by atoms with Gasteiger partial charge in [-0.25, -0.2) is 4.79 Å². The number of allylic oxidation sites excluding steroid dienone is 1. The predicted molar refractivity (Wildman–Crippen MR) is 101 cm³/mol. The number of carbonyl (C=O) groups excluding carboxylic acids is 1. The van der Waals surface area contributed by atoms with Crippen LogP contribution in [0.25, 0.3) is 0 Å². The number of nitrogens with zero attached hydrogens (tertiary/aromatic N) is 1. The fraction of sp³-hybridized carbons (Fsp3) is 0.857. The van der Waals surface area contributed by atoms with Crippen LogP contribution in [0, 0.1) is 11.8 Å². The van der Waals surface area contributed by atoms with Gasteiger partial charge in [0, 0.05) is 20.2 Å². The zero-order valence-electron chi connectivity index (χ0n) is 17.0. The molecule has 1 saturated carbocycles. The Kier molecular flexibility index (Phi) is 5.02. The first kappa shape index (κ1) is 19.2. The zero-order valence-corrected chi connectivity index (χ0v) is 17.0. The molecule has 6 nitrogen and oxygen atoms in total. The van der Waals surface area contributed by atoms with Crippen molar-refractivity contribution in [2.24, 2.45) is 11.8 Å². The molecule has 0 bridgehead atoms. The van der Waals surface area contributed by atoms with Crippen LogP contribution < -0.4 is 0 Å². The molecule has 1 unspecified atom stereocenters. The molecular formula is C21H33NO5. The van der Waals surface area contributed by atoms with Crippen molar-refractivity contribution in [1.29, 1.82) is 0 Å². The molecule has 0 radical (unpaired) electrons. The standard InChI is InChI=1S/C21H33NO5/c1-14(2)7-8-16-20(3,27-16)18-17(24-4)15(9-10-21(18)13-25-21)26-19(23)22-11-5-6-12-22/h7-8,14-18H,5-6,9-13H2,1-4H3/b8-7+/t15-,16-,17-,18?,20+,21+/m1/s1. The summed E-state index contributed by atoms with van der Waals surface area (Å²) >= 11 is 0. The van der Waals surface area contributed by atoms with E-state index in [0.29, 0.717) is 5.92 Å². The van der Waals surface area contributed by atoms with Gasteiger partial charge in [-0.3, -0.25) is 0 Å². The fourth-order valence-electron chi connectivity index (χ4n) is 5.05. The second-order valence-electron chi connectivity index (χ2n) is 9.04. The molecule has 1 spiro atoms. The largest absolute Gasteiger partial charge is 0.443 e. The van der Waals surface area contributed by atoms with Crippen LogP contribution in [0.5, 0.6) is 0 Å². The maximum absolute atomic E-state index is 12.5. The van der Waals surface area contributed by atoms with Gasteiger partial charge in [0.15, 0.2) is 0 Å². The number of epoxide rings is 2. The number of methoxy groups -OCH3 is 1. The fourth-order valence-corrected chi connectivity index (χ4v) is 5.05. The quantitative estimate of drug-likeness (QED) is 0.542. The minimum absolute atomic E-state index is 0.0574. The van der Waals surface area contributed by atoms with E-state index in [1.54, 1.807) is 7.11 Å². The zero-order chi connectivity index (χ0) is 19.2. The van der Waals surface area contributed by atoms with E-state index in [9.17, 15) is 4.79 Å². The van der Waals surface area contributed by atoms with Gasteiger partial charge in [-0.15, -0.1) is 0 Å². The Morgan fingerprint density at radius 1 is 1.30 bits per heavy atom. The van der Waals surface area contributed by atoms with E-state index in [1.165, 1.54) is 0 Å². The Bertz CT molecular complexity index is 595. The molecule has 4 rings (SSSR count). The molecule has 0 aromatic heterocycles. The minimum Gasteiger partial charge on any atom is -0.443 e. The molecule has 0 N–H and O–H groups in total. The maximum atomic E-state index is 12.5. The molecule has 3 aliphatic heterocycles.